The van der Waals surface area contributed by atoms with Gasteiger partial charge < -0.3 is 9.64 Å². The van der Waals surface area contributed by atoms with Crippen LogP contribution in [0.25, 0.3) is 0 Å². The molecule has 2 aliphatic rings. The molecule has 1 atom stereocenters. The summed E-state index contributed by atoms with van der Waals surface area (Å²) in [6, 6.07) is 12.0. The first kappa shape index (κ1) is 25.9. The minimum absolute atomic E-state index is 0.244. The molecule has 0 spiro atoms. The summed E-state index contributed by atoms with van der Waals surface area (Å²) >= 11 is 0. The zero-order chi connectivity index (χ0) is 25.2. The highest BCUT2D eigenvalue weighted by molar-refractivity contribution is 7.89. The minimum Gasteiger partial charge on any atom is -0.495 e. The molecule has 0 bridgehead atoms. The van der Waals surface area contributed by atoms with Crippen molar-refractivity contribution in [1.82, 2.24) is 8.61 Å². The molecular weight excluding hydrogens is 486 g/mol. The summed E-state index contributed by atoms with van der Waals surface area (Å²) < 4.78 is 61.5. The molecule has 0 aliphatic carbocycles. The van der Waals surface area contributed by atoms with Gasteiger partial charge in [0.05, 0.1) is 22.6 Å². The van der Waals surface area contributed by atoms with Crippen LogP contribution in [0, 0.1) is 5.92 Å². The number of benzene rings is 2. The number of sulfonamides is 2. The summed E-state index contributed by atoms with van der Waals surface area (Å²) in [5.41, 5.74) is 1.76. The molecule has 2 aromatic carbocycles. The molecule has 4 rings (SSSR count). The third-order valence-electron chi connectivity index (χ3n) is 6.96. The van der Waals surface area contributed by atoms with Crippen molar-refractivity contribution in [3.63, 3.8) is 0 Å². The van der Waals surface area contributed by atoms with Crippen molar-refractivity contribution in [2.24, 2.45) is 5.92 Å². The Balaban J connectivity index is 1.53. The van der Waals surface area contributed by atoms with Crippen LogP contribution < -0.4 is 9.64 Å². The molecule has 2 saturated heterocycles. The number of aryl methyl sites for hydroxylation is 1. The zero-order valence-electron chi connectivity index (χ0n) is 20.7. The Morgan fingerprint density at radius 2 is 1.49 bits per heavy atom. The van der Waals surface area contributed by atoms with Crippen LogP contribution in [0.3, 0.4) is 0 Å². The molecule has 2 aromatic rings. The molecule has 2 heterocycles. The van der Waals surface area contributed by atoms with Crippen molar-refractivity contribution in [2.45, 2.75) is 42.9 Å². The normalized spacial score (nSPS) is 20.7. The molecule has 10 heteroatoms. The van der Waals surface area contributed by atoms with Crippen LogP contribution in [-0.2, 0) is 26.5 Å². The van der Waals surface area contributed by atoms with E-state index in [9.17, 15) is 16.8 Å². The lowest BCUT2D eigenvalue weighted by molar-refractivity contribution is 0.281. The number of rotatable bonds is 7. The van der Waals surface area contributed by atoms with Gasteiger partial charge in [0.1, 0.15) is 5.75 Å². The van der Waals surface area contributed by atoms with E-state index in [2.05, 4.69) is 6.92 Å². The van der Waals surface area contributed by atoms with Gasteiger partial charge in [-0.2, -0.15) is 8.61 Å². The lowest BCUT2D eigenvalue weighted by Gasteiger charge is -2.36. The molecule has 0 N–H and O–H groups in total. The van der Waals surface area contributed by atoms with Gasteiger partial charge in [0.2, 0.25) is 20.0 Å². The number of ether oxygens (including phenoxy) is 1. The van der Waals surface area contributed by atoms with Gasteiger partial charge in [-0.25, -0.2) is 16.8 Å². The molecule has 0 amide bonds. The smallest absolute Gasteiger partial charge is 0.243 e. The second-order valence-electron chi connectivity index (χ2n) is 9.33. The van der Waals surface area contributed by atoms with E-state index in [0.717, 1.165) is 24.8 Å². The molecule has 0 aromatic heterocycles. The average Bonchev–Trinajstić information content (AvgIpc) is 2.88. The number of methoxy groups -OCH3 is 1. The highest BCUT2D eigenvalue weighted by Gasteiger charge is 2.32. The summed E-state index contributed by atoms with van der Waals surface area (Å²) in [5, 5.41) is 0. The largest absolute Gasteiger partial charge is 0.495 e. The van der Waals surface area contributed by atoms with Crippen LogP contribution in [0.2, 0.25) is 0 Å². The van der Waals surface area contributed by atoms with Gasteiger partial charge in [0.25, 0.3) is 0 Å². The highest BCUT2D eigenvalue weighted by Crippen LogP contribution is 2.34. The molecular formula is C25H35N3O5S2. The Labute approximate surface area is 209 Å². The Kier molecular flexibility index (Phi) is 7.75. The van der Waals surface area contributed by atoms with E-state index < -0.39 is 20.0 Å². The van der Waals surface area contributed by atoms with Gasteiger partial charge in [-0.3, -0.25) is 0 Å². The van der Waals surface area contributed by atoms with Crippen molar-refractivity contribution in [2.75, 3.05) is 51.3 Å². The fourth-order valence-electron chi connectivity index (χ4n) is 4.81. The molecule has 35 heavy (non-hydrogen) atoms. The third-order valence-corrected chi connectivity index (χ3v) is 10.7. The van der Waals surface area contributed by atoms with Crippen molar-refractivity contribution in [3.05, 3.63) is 48.0 Å². The third kappa shape index (κ3) is 5.35. The predicted molar refractivity (Wildman–Crippen MR) is 137 cm³/mol. The van der Waals surface area contributed by atoms with E-state index in [1.807, 2.05) is 24.0 Å². The van der Waals surface area contributed by atoms with E-state index in [1.165, 1.54) is 4.31 Å². The fourth-order valence-corrected chi connectivity index (χ4v) is 7.85. The van der Waals surface area contributed by atoms with Crippen molar-refractivity contribution < 1.29 is 21.6 Å². The number of nitrogens with zero attached hydrogens (tertiary/aromatic N) is 3. The predicted octanol–water partition coefficient (Wildman–Crippen LogP) is 3.19. The van der Waals surface area contributed by atoms with Crippen LogP contribution in [0.4, 0.5) is 5.69 Å². The van der Waals surface area contributed by atoms with E-state index in [1.54, 1.807) is 41.7 Å². The average molecular weight is 522 g/mol. The van der Waals surface area contributed by atoms with E-state index >= 15 is 0 Å². The lowest BCUT2D eigenvalue weighted by Crippen LogP contribution is -2.48. The minimum atomic E-state index is -3.61. The van der Waals surface area contributed by atoms with E-state index in [4.69, 9.17) is 4.74 Å². The highest BCUT2D eigenvalue weighted by atomic mass is 32.2. The first-order chi connectivity index (χ1) is 16.7. The van der Waals surface area contributed by atoms with Crippen LogP contribution in [-0.4, -0.2) is 71.8 Å². The summed E-state index contributed by atoms with van der Waals surface area (Å²) in [6.07, 6.45) is 2.75. The first-order valence-corrected chi connectivity index (χ1v) is 15.1. The molecule has 8 nitrogen and oxygen atoms in total. The number of piperazine rings is 1. The van der Waals surface area contributed by atoms with E-state index in [-0.39, 0.29) is 4.90 Å². The van der Waals surface area contributed by atoms with Crippen molar-refractivity contribution >= 4 is 25.7 Å². The van der Waals surface area contributed by atoms with Crippen molar-refractivity contribution in [1.29, 1.82) is 0 Å². The van der Waals surface area contributed by atoms with Gasteiger partial charge in [-0.05, 0) is 61.1 Å². The maximum Gasteiger partial charge on any atom is 0.243 e. The van der Waals surface area contributed by atoms with Gasteiger partial charge in [0, 0.05) is 39.3 Å². The van der Waals surface area contributed by atoms with Crippen LogP contribution >= 0.6 is 0 Å². The maximum atomic E-state index is 13.3. The van der Waals surface area contributed by atoms with Gasteiger partial charge in [0.15, 0.2) is 0 Å². The van der Waals surface area contributed by atoms with Crippen molar-refractivity contribution in [3.8, 4) is 5.75 Å². The number of anilines is 1. The Morgan fingerprint density at radius 1 is 0.857 bits per heavy atom. The monoisotopic (exact) mass is 521 g/mol. The number of hydrogen-bond acceptors (Lipinski definition) is 6. The standard InChI is InChI=1S/C25H35N3O5S2/c1-4-21-7-9-22(10-8-21)34(29,30)27-16-14-26(15-17-27)24-18-23(11-12-25(24)33-3)35(31,32)28-13-5-6-20(2)19-28/h7-12,18,20H,4-6,13-17,19H2,1-3H3. The van der Waals surface area contributed by atoms with E-state index in [0.29, 0.717) is 61.5 Å². The molecule has 2 fully saturated rings. The van der Waals surface area contributed by atoms with Crippen LogP contribution in [0.15, 0.2) is 52.3 Å². The second-order valence-corrected chi connectivity index (χ2v) is 13.2. The van der Waals surface area contributed by atoms with Crippen LogP contribution in [0.1, 0.15) is 32.3 Å². The lowest BCUT2D eigenvalue weighted by atomic mass is 10.0. The topological polar surface area (TPSA) is 87.2 Å². The molecule has 0 radical (unpaired) electrons. The first-order valence-electron chi connectivity index (χ1n) is 12.2. The van der Waals surface area contributed by atoms with Gasteiger partial charge in [-0.15, -0.1) is 0 Å². The Hall–Kier alpha value is -2.14. The molecule has 1 unspecified atom stereocenters. The molecule has 2 aliphatic heterocycles. The SMILES string of the molecule is CCc1ccc(S(=O)(=O)N2CCN(c3cc(S(=O)(=O)N4CCCC(C)C4)ccc3OC)CC2)cc1. The van der Waals surface area contributed by atoms with Gasteiger partial charge >= 0.3 is 0 Å². The van der Waals surface area contributed by atoms with Crippen LogP contribution in [0.5, 0.6) is 5.75 Å². The second kappa shape index (κ2) is 10.5. The zero-order valence-corrected chi connectivity index (χ0v) is 22.3. The molecule has 192 valence electrons. The molecule has 0 saturated carbocycles. The summed E-state index contributed by atoms with van der Waals surface area (Å²) in [5.74, 6) is 0.909. The fraction of sp³-hybridized carbons (Fsp3) is 0.520. The van der Waals surface area contributed by atoms with Gasteiger partial charge in [-0.1, -0.05) is 26.0 Å². The summed E-state index contributed by atoms with van der Waals surface area (Å²) in [7, 11) is -5.64. The maximum absolute atomic E-state index is 13.3. The summed E-state index contributed by atoms with van der Waals surface area (Å²) in [6.45, 7) is 6.66. The number of piperidine rings is 1. The summed E-state index contributed by atoms with van der Waals surface area (Å²) in [4.78, 5) is 2.54. The quantitative estimate of drug-likeness (QED) is 0.556. The Morgan fingerprint density at radius 3 is 2.09 bits per heavy atom. The Bertz CT molecular complexity index is 1240. The number of hydrogen-bond donors (Lipinski definition) is 0.